The van der Waals surface area contributed by atoms with Crippen LogP contribution >= 0.6 is 0 Å². The van der Waals surface area contributed by atoms with E-state index in [0.29, 0.717) is 11.3 Å². The van der Waals surface area contributed by atoms with Crippen molar-refractivity contribution in [1.29, 1.82) is 0 Å². The highest BCUT2D eigenvalue weighted by atomic mass is 19.1. The molecule has 1 atom stereocenters. The van der Waals surface area contributed by atoms with Gasteiger partial charge >= 0.3 is 6.09 Å². The molecule has 2 aromatic rings. The molecule has 25 heavy (non-hydrogen) atoms. The van der Waals surface area contributed by atoms with E-state index in [4.69, 9.17) is 9.84 Å². The van der Waals surface area contributed by atoms with Crippen LogP contribution < -0.4 is 15.4 Å². The molecule has 1 aliphatic heterocycles. The standard InChI is InChI=1S/C17H14F2N2O4/c1-8-6-9(2-4-11(8)18)20-16(22)10-3-5-12(19)14-13(21-17(23)24)7-25-15(10)14/h2-6,13,21H,7H2,1H3,(H,20,22)(H,23,24). The van der Waals surface area contributed by atoms with E-state index in [1.807, 2.05) is 0 Å². The number of carboxylic acid groups (broad SMARTS) is 1. The van der Waals surface area contributed by atoms with Crippen molar-refractivity contribution >= 4 is 17.7 Å². The Balaban J connectivity index is 1.90. The van der Waals surface area contributed by atoms with Crippen LogP contribution in [0.2, 0.25) is 0 Å². The van der Waals surface area contributed by atoms with Gasteiger partial charge in [0.1, 0.15) is 24.0 Å². The molecule has 0 spiro atoms. The van der Waals surface area contributed by atoms with Crippen LogP contribution in [0.3, 0.4) is 0 Å². The highest BCUT2D eigenvalue weighted by Gasteiger charge is 2.33. The lowest BCUT2D eigenvalue weighted by atomic mass is 10.0. The Bertz CT molecular complexity index is 870. The van der Waals surface area contributed by atoms with Crippen molar-refractivity contribution in [1.82, 2.24) is 5.32 Å². The Hall–Kier alpha value is -3.16. The molecule has 2 amide bonds. The number of halogens is 2. The Morgan fingerprint density at radius 2 is 1.92 bits per heavy atom. The number of fused-ring (bicyclic) bond motifs is 1. The fourth-order valence-corrected chi connectivity index (χ4v) is 2.67. The molecule has 0 fully saturated rings. The summed E-state index contributed by atoms with van der Waals surface area (Å²) in [4.78, 5) is 23.3. The molecule has 1 unspecified atom stereocenters. The summed E-state index contributed by atoms with van der Waals surface area (Å²) in [6.45, 7) is 1.45. The first-order chi connectivity index (χ1) is 11.9. The summed E-state index contributed by atoms with van der Waals surface area (Å²) < 4.78 is 32.7. The number of carbonyl (C=O) groups is 2. The second-order valence-corrected chi connectivity index (χ2v) is 5.57. The van der Waals surface area contributed by atoms with Crippen molar-refractivity contribution in [3.8, 4) is 5.75 Å². The number of rotatable bonds is 3. The fraction of sp³-hybridized carbons (Fsp3) is 0.176. The third-order valence-corrected chi connectivity index (χ3v) is 3.84. The molecule has 1 aliphatic rings. The third-order valence-electron chi connectivity index (χ3n) is 3.84. The van der Waals surface area contributed by atoms with E-state index >= 15 is 0 Å². The van der Waals surface area contributed by atoms with Crippen LogP contribution in [-0.4, -0.2) is 23.7 Å². The molecule has 6 nitrogen and oxygen atoms in total. The zero-order valence-corrected chi connectivity index (χ0v) is 13.1. The lowest BCUT2D eigenvalue weighted by Gasteiger charge is -2.11. The van der Waals surface area contributed by atoms with Crippen LogP contribution in [0.5, 0.6) is 5.75 Å². The molecule has 1 heterocycles. The third kappa shape index (κ3) is 3.23. The molecule has 0 radical (unpaired) electrons. The van der Waals surface area contributed by atoms with E-state index in [-0.39, 0.29) is 23.5 Å². The van der Waals surface area contributed by atoms with Gasteiger partial charge in [0.05, 0.1) is 17.2 Å². The van der Waals surface area contributed by atoms with Gasteiger partial charge in [-0.3, -0.25) is 4.79 Å². The van der Waals surface area contributed by atoms with Gasteiger partial charge < -0.3 is 20.5 Å². The second kappa shape index (κ2) is 6.39. The van der Waals surface area contributed by atoms with E-state index in [9.17, 15) is 18.4 Å². The van der Waals surface area contributed by atoms with Crippen molar-refractivity contribution in [2.45, 2.75) is 13.0 Å². The van der Waals surface area contributed by atoms with Gasteiger partial charge in [0.15, 0.2) is 0 Å². The lowest BCUT2D eigenvalue weighted by molar-refractivity contribution is 0.102. The first-order valence-corrected chi connectivity index (χ1v) is 7.39. The maximum absolute atomic E-state index is 14.1. The Morgan fingerprint density at radius 3 is 2.60 bits per heavy atom. The van der Waals surface area contributed by atoms with Gasteiger partial charge in [0.2, 0.25) is 0 Å². The molecule has 130 valence electrons. The van der Waals surface area contributed by atoms with Crippen LogP contribution in [0.1, 0.15) is 27.5 Å². The topological polar surface area (TPSA) is 87.7 Å². The molecular weight excluding hydrogens is 334 g/mol. The minimum atomic E-state index is -1.32. The number of benzene rings is 2. The number of carbonyl (C=O) groups excluding carboxylic acids is 1. The quantitative estimate of drug-likeness (QED) is 0.795. The minimum Gasteiger partial charge on any atom is -0.490 e. The average Bonchev–Trinajstić information content (AvgIpc) is 2.95. The number of hydrogen-bond acceptors (Lipinski definition) is 3. The van der Waals surface area contributed by atoms with Crippen molar-refractivity contribution in [2.75, 3.05) is 11.9 Å². The number of amides is 2. The summed E-state index contributed by atoms with van der Waals surface area (Å²) in [6, 6.07) is 5.53. The van der Waals surface area contributed by atoms with Crippen molar-refractivity contribution in [3.63, 3.8) is 0 Å². The summed E-state index contributed by atoms with van der Waals surface area (Å²) >= 11 is 0. The highest BCUT2D eigenvalue weighted by Crippen LogP contribution is 2.38. The number of anilines is 1. The summed E-state index contributed by atoms with van der Waals surface area (Å²) in [5.74, 6) is -1.64. The fourth-order valence-electron chi connectivity index (χ4n) is 2.67. The van der Waals surface area contributed by atoms with Gasteiger partial charge in [-0.1, -0.05) is 0 Å². The van der Waals surface area contributed by atoms with Gasteiger partial charge in [-0.25, -0.2) is 13.6 Å². The molecule has 3 N–H and O–H groups in total. The van der Waals surface area contributed by atoms with Gasteiger partial charge in [-0.05, 0) is 42.8 Å². The first-order valence-electron chi connectivity index (χ1n) is 7.39. The van der Waals surface area contributed by atoms with Crippen LogP contribution in [0.4, 0.5) is 19.3 Å². The van der Waals surface area contributed by atoms with Crippen molar-refractivity contribution < 1.29 is 28.2 Å². The SMILES string of the molecule is Cc1cc(NC(=O)c2ccc(F)c3c2OCC3NC(=O)O)ccc1F. The summed E-state index contributed by atoms with van der Waals surface area (Å²) in [7, 11) is 0. The van der Waals surface area contributed by atoms with E-state index < -0.39 is 29.7 Å². The molecular formula is C17H14F2N2O4. The Morgan fingerprint density at radius 1 is 1.20 bits per heavy atom. The molecule has 0 saturated carbocycles. The normalized spacial score (nSPS) is 15.2. The number of ether oxygens (including phenoxy) is 1. The predicted molar refractivity (Wildman–Crippen MR) is 84.9 cm³/mol. The van der Waals surface area contributed by atoms with Crippen molar-refractivity contribution in [3.05, 3.63) is 58.7 Å². The number of nitrogens with one attached hydrogen (secondary N) is 2. The van der Waals surface area contributed by atoms with Gasteiger partial charge in [-0.15, -0.1) is 0 Å². The summed E-state index contributed by atoms with van der Waals surface area (Å²) in [5.41, 5.74) is 0.794. The van der Waals surface area contributed by atoms with Crippen LogP contribution in [-0.2, 0) is 0 Å². The van der Waals surface area contributed by atoms with Crippen molar-refractivity contribution in [2.24, 2.45) is 0 Å². The van der Waals surface area contributed by atoms with Gasteiger partial charge in [0.25, 0.3) is 5.91 Å². The van der Waals surface area contributed by atoms with E-state index in [1.165, 1.54) is 24.3 Å². The highest BCUT2D eigenvalue weighted by molar-refractivity contribution is 6.06. The molecule has 3 rings (SSSR count). The van der Waals surface area contributed by atoms with Crippen LogP contribution in [0.25, 0.3) is 0 Å². The monoisotopic (exact) mass is 348 g/mol. The first kappa shape index (κ1) is 16.7. The van der Waals surface area contributed by atoms with Crippen LogP contribution in [0, 0.1) is 18.6 Å². The van der Waals surface area contributed by atoms with E-state index in [2.05, 4.69) is 10.6 Å². The largest absolute Gasteiger partial charge is 0.490 e. The van der Waals surface area contributed by atoms with Gasteiger partial charge in [0, 0.05) is 5.69 Å². The zero-order chi connectivity index (χ0) is 18.1. The molecule has 8 heteroatoms. The maximum atomic E-state index is 14.1. The molecule has 0 bridgehead atoms. The molecule has 0 aromatic heterocycles. The number of hydrogen-bond donors (Lipinski definition) is 3. The summed E-state index contributed by atoms with van der Waals surface area (Å²) in [5, 5.41) is 13.5. The van der Waals surface area contributed by atoms with E-state index in [1.54, 1.807) is 6.92 Å². The zero-order valence-electron chi connectivity index (χ0n) is 13.1. The smallest absolute Gasteiger partial charge is 0.405 e. The average molecular weight is 348 g/mol. The van der Waals surface area contributed by atoms with Crippen LogP contribution in [0.15, 0.2) is 30.3 Å². The molecule has 2 aromatic carbocycles. The van der Waals surface area contributed by atoms with E-state index in [0.717, 1.165) is 6.07 Å². The molecule has 0 aliphatic carbocycles. The maximum Gasteiger partial charge on any atom is 0.405 e. The minimum absolute atomic E-state index is 0.00455. The Labute approximate surface area is 141 Å². The lowest BCUT2D eigenvalue weighted by Crippen LogP contribution is -2.28. The predicted octanol–water partition coefficient (Wildman–Crippen LogP) is 3.23. The Kier molecular flexibility index (Phi) is 4.26. The summed E-state index contributed by atoms with van der Waals surface area (Å²) in [6.07, 6.45) is -1.32. The molecule has 0 saturated heterocycles. The van der Waals surface area contributed by atoms with Gasteiger partial charge in [-0.2, -0.15) is 0 Å². The number of aryl methyl sites for hydroxylation is 1. The second-order valence-electron chi connectivity index (χ2n) is 5.57.